The smallest absolute Gasteiger partial charge is 0.161 e. The third kappa shape index (κ3) is 3.81. The molecule has 0 radical (unpaired) electrons. The number of rotatable bonds is 5. The van der Waals surface area contributed by atoms with Gasteiger partial charge < -0.3 is 5.73 Å². The van der Waals surface area contributed by atoms with Gasteiger partial charge in [-0.05, 0) is 53.8 Å². The van der Waals surface area contributed by atoms with Gasteiger partial charge in [0.1, 0.15) is 5.83 Å². The Bertz CT molecular complexity index is 822. The first-order valence-electron chi connectivity index (χ1n) is 8.74. The summed E-state index contributed by atoms with van der Waals surface area (Å²) in [6.07, 6.45) is 5.42. The Morgan fingerprint density at radius 2 is 1.92 bits per heavy atom. The zero-order valence-corrected chi connectivity index (χ0v) is 14.4. The van der Waals surface area contributed by atoms with Crippen molar-refractivity contribution in [2.75, 3.05) is 5.73 Å². The molecule has 0 heterocycles. The van der Waals surface area contributed by atoms with E-state index >= 15 is 4.39 Å². The zero-order valence-electron chi connectivity index (χ0n) is 14.4. The minimum absolute atomic E-state index is 0.262. The van der Waals surface area contributed by atoms with Crippen molar-refractivity contribution in [1.29, 1.82) is 0 Å². The molecule has 2 aromatic carbocycles. The number of unbranched alkanes of at least 4 members (excludes halogenated alkanes) is 1. The van der Waals surface area contributed by atoms with Crippen molar-refractivity contribution in [3.63, 3.8) is 0 Å². The van der Waals surface area contributed by atoms with Crippen LogP contribution >= 0.6 is 0 Å². The highest BCUT2D eigenvalue weighted by molar-refractivity contribution is 5.72. The highest BCUT2D eigenvalue weighted by Crippen LogP contribution is 2.44. The van der Waals surface area contributed by atoms with E-state index in [1.807, 2.05) is 30.3 Å². The number of hydrogen-bond donors (Lipinski definition) is 1. The number of benzene rings is 2. The molecule has 0 saturated carbocycles. The van der Waals surface area contributed by atoms with E-state index in [1.165, 1.54) is 6.08 Å². The fraction of sp³-hybridized carbons (Fsp3) is 0.273. The van der Waals surface area contributed by atoms with Crippen LogP contribution in [0, 0.1) is 0 Å². The SMILES string of the molecule is CCCCC1=CC(F)(c2ccccc2-c2cccc(N)c2)CC(F)=C1. The summed E-state index contributed by atoms with van der Waals surface area (Å²) in [6, 6.07) is 14.6. The molecule has 2 N–H and O–H groups in total. The van der Waals surface area contributed by atoms with E-state index in [0.717, 1.165) is 29.5 Å². The molecule has 0 aromatic heterocycles. The van der Waals surface area contributed by atoms with Crippen LogP contribution in [0.15, 0.2) is 72.1 Å². The van der Waals surface area contributed by atoms with E-state index in [2.05, 4.69) is 6.92 Å². The number of hydrogen-bond acceptors (Lipinski definition) is 1. The molecule has 1 aliphatic rings. The second-order valence-corrected chi connectivity index (χ2v) is 6.62. The standard InChI is InChI=1S/C22H23F2N/c1-2-3-7-16-12-18(23)15-22(24,14-16)21-11-5-4-10-20(21)17-8-6-9-19(25)13-17/h4-6,8-14H,2-3,7,15,25H2,1H3. The van der Waals surface area contributed by atoms with Crippen LogP contribution in [0.1, 0.15) is 38.2 Å². The largest absolute Gasteiger partial charge is 0.399 e. The van der Waals surface area contributed by atoms with Gasteiger partial charge in [-0.2, -0.15) is 0 Å². The van der Waals surface area contributed by atoms with Gasteiger partial charge in [-0.25, -0.2) is 8.78 Å². The molecule has 25 heavy (non-hydrogen) atoms. The first kappa shape index (κ1) is 17.4. The van der Waals surface area contributed by atoms with Gasteiger partial charge in [-0.3, -0.25) is 0 Å². The van der Waals surface area contributed by atoms with Crippen molar-refractivity contribution in [2.45, 2.75) is 38.3 Å². The number of alkyl halides is 1. The summed E-state index contributed by atoms with van der Waals surface area (Å²) in [5.74, 6) is -0.404. The lowest BCUT2D eigenvalue weighted by Gasteiger charge is -2.28. The quantitative estimate of drug-likeness (QED) is 0.620. The Morgan fingerprint density at radius 3 is 2.68 bits per heavy atom. The number of nitrogens with two attached hydrogens (primary N) is 1. The molecular formula is C22H23F2N. The van der Waals surface area contributed by atoms with E-state index in [-0.39, 0.29) is 6.42 Å². The summed E-state index contributed by atoms with van der Waals surface area (Å²) in [4.78, 5) is 0. The summed E-state index contributed by atoms with van der Waals surface area (Å²) in [6.45, 7) is 2.07. The third-order valence-electron chi connectivity index (χ3n) is 4.57. The van der Waals surface area contributed by atoms with E-state index in [9.17, 15) is 4.39 Å². The van der Waals surface area contributed by atoms with Gasteiger partial charge in [0, 0.05) is 17.7 Å². The normalized spacial score (nSPS) is 20.1. The van der Waals surface area contributed by atoms with Gasteiger partial charge in [0.05, 0.1) is 0 Å². The van der Waals surface area contributed by atoms with E-state index in [1.54, 1.807) is 24.3 Å². The summed E-state index contributed by atoms with van der Waals surface area (Å²) in [5, 5.41) is 0. The molecule has 0 fully saturated rings. The molecule has 1 unspecified atom stereocenters. The van der Waals surface area contributed by atoms with E-state index in [0.29, 0.717) is 17.7 Å². The molecule has 130 valence electrons. The summed E-state index contributed by atoms with van der Waals surface area (Å²) < 4.78 is 30.1. The van der Waals surface area contributed by atoms with Gasteiger partial charge >= 0.3 is 0 Å². The zero-order chi connectivity index (χ0) is 17.9. The Labute approximate surface area is 147 Å². The Balaban J connectivity index is 2.07. The number of halogens is 2. The molecule has 1 nitrogen and oxygen atoms in total. The van der Waals surface area contributed by atoms with Crippen LogP contribution in [0.5, 0.6) is 0 Å². The van der Waals surface area contributed by atoms with Crippen molar-refractivity contribution in [1.82, 2.24) is 0 Å². The fourth-order valence-corrected chi connectivity index (χ4v) is 3.39. The van der Waals surface area contributed by atoms with Gasteiger partial charge in [0.2, 0.25) is 0 Å². The lowest BCUT2D eigenvalue weighted by atomic mass is 9.81. The molecule has 0 saturated heterocycles. The van der Waals surface area contributed by atoms with Crippen molar-refractivity contribution >= 4 is 5.69 Å². The van der Waals surface area contributed by atoms with Crippen LogP contribution in [-0.2, 0) is 5.67 Å². The lowest BCUT2D eigenvalue weighted by molar-refractivity contribution is 0.215. The maximum absolute atomic E-state index is 15.9. The molecule has 1 atom stereocenters. The maximum Gasteiger partial charge on any atom is 0.161 e. The van der Waals surface area contributed by atoms with Gasteiger partial charge in [-0.1, -0.05) is 49.7 Å². The average Bonchev–Trinajstić information content (AvgIpc) is 2.59. The maximum atomic E-state index is 15.9. The summed E-state index contributed by atoms with van der Waals surface area (Å²) in [7, 11) is 0. The molecule has 0 amide bonds. The van der Waals surface area contributed by atoms with Crippen molar-refractivity contribution in [3.8, 4) is 11.1 Å². The summed E-state index contributed by atoms with van der Waals surface area (Å²) >= 11 is 0. The predicted molar refractivity (Wildman–Crippen MR) is 100 cm³/mol. The van der Waals surface area contributed by atoms with E-state index in [4.69, 9.17) is 5.73 Å². The van der Waals surface area contributed by atoms with Gasteiger partial charge in [0.15, 0.2) is 5.67 Å². The van der Waals surface area contributed by atoms with Crippen molar-refractivity contribution in [3.05, 3.63) is 77.6 Å². The Hall–Kier alpha value is -2.42. The molecular weight excluding hydrogens is 316 g/mol. The highest BCUT2D eigenvalue weighted by Gasteiger charge is 2.36. The minimum Gasteiger partial charge on any atom is -0.399 e. The number of allylic oxidation sites excluding steroid dienone is 4. The third-order valence-corrected chi connectivity index (χ3v) is 4.57. The minimum atomic E-state index is -1.84. The topological polar surface area (TPSA) is 26.0 Å². The molecule has 0 spiro atoms. The number of anilines is 1. The second-order valence-electron chi connectivity index (χ2n) is 6.62. The average molecular weight is 339 g/mol. The van der Waals surface area contributed by atoms with Crippen LogP contribution in [-0.4, -0.2) is 0 Å². The molecule has 1 aliphatic carbocycles. The Morgan fingerprint density at radius 1 is 1.12 bits per heavy atom. The van der Waals surface area contributed by atoms with Crippen LogP contribution in [0.4, 0.5) is 14.5 Å². The van der Waals surface area contributed by atoms with Crippen LogP contribution in [0.3, 0.4) is 0 Å². The first-order chi connectivity index (χ1) is 12.0. The first-order valence-corrected chi connectivity index (χ1v) is 8.74. The number of nitrogen functional groups attached to an aromatic ring is 1. The van der Waals surface area contributed by atoms with Gasteiger partial charge in [-0.15, -0.1) is 0 Å². The van der Waals surface area contributed by atoms with Crippen LogP contribution in [0.2, 0.25) is 0 Å². The second kappa shape index (κ2) is 7.22. The molecule has 2 aromatic rings. The molecule has 3 heteroatoms. The van der Waals surface area contributed by atoms with Crippen LogP contribution in [0.25, 0.3) is 11.1 Å². The summed E-state index contributed by atoms with van der Waals surface area (Å²) in [5.41, 5.74) is 7.46. The van der Waals surface area contributed by atoms with Crippen molar-refractivity contribution < 1.29 is 8.78 Å². The predicted octanol–water partition coefficient (Wildman–Crippen LogP) is 6.47. The Kier molecular flexibility index (Phi) is 5.03. The monoisotopic (exact) mass is 339 g/mol. The van der Waals surface area contributed by atoms with Crippen LogP contribution < -0.4 is 5.73 Å². The fourth-order valence-electron chi connectivity index (χ4n) is 3.39. The lowest BCUT2D eigenvalue weighted by Crippen LogP contribution is -2.22. The van der Waals surface area contributed by atoms with E-state index < -0.39 is 11.5 Å². The van der Waals surface area contributed by atoms with Crippen molar-refractivity contribution in [2.24, 2.45) is 0 Å². The molecule has 0 aliphatic heterocycles. The highest BCUT2D eigenvalue weighted by atomic mass is 19.1. The van der Waals surface area contributed by atoms with Gasteiger partial charge in [0.25, 0.3) is 0 Å². The molecule has 3 rings (SSSR count). The molecule has 0 bridgehead atoms.